The van der Waals surface area contributed by atoms with Gasteiger partial charge in [0.15, 0.2) is 5.69 Å². The highest BCUT2D eigenvalue weighted by atomic mass is 35.5. The fraction of sp³-hybridized carbons (Fsp3) is 0.571. The van der Waals surface area contributed by atoms with Gasteiger partial charge in [0.25, 0.3) is 5.91 Å². The molecular weight excluding hydrogens is 406 g/mol. The number of aromatic nitrogens is 3. The molecule has 0 spiro atoms. The lowest BCUT2D eigenvalue weighted by molar-refractivity contribution is 0.0674. The highest BCUT2D eigenvalue weighted by Gasteiger charge is 2.37. The molecule has 164 valence electrons. The zero-order valence-corrected chi connectivity index (χ0v) is 18.5. The predicted molar refractivity (Wildman–Crippen MR) is 116 cm³/mol. The summed E-state index contributed by atoms with van der Waals surface area (Å²) in [6, 6.07) is 8.82. The number of amides is 1. The van der Waals surface area contributed by atoms with Crippen LogP contribution in [0, 0.1) is 6.92 Å². The first-order chi connectivity index (χ1) is 14.0. The van der Waals surface area contributed by atoms with Gasteiger partial charge in [-0.05, 0) is 56.9 Å². The third-order valence-corrected chi connectivity index (χ3v) is 5.92. The van der Waals surface area contributed by atoms with Crippen molar-refractivity contribution < 1.29 is 14.3 Å². The average Bonchev–Trinajstić information content (AvgIpc) is 3.29. The fourth-order valence-corrected chi connectivity index (χ4v) is 4.29. The number of benzene rings is 1. The molecule has 1 aromatic carbocycles. The zero-order valence-electron chi connectivity index (χ0n) is 17.7. The van der Waals surface area contributed by atoms with Gasteiger partial charge in [-0.1, -0.05) is 0 Å². The first-order valence-electron chi connectivity index (χ1n) is 10.2. The number of hydrogen-bond donors (Lipinski definition) is 1. The lowest BCUT2D eigenvalue weighted by Gasteiger charge is -2.35. The van der Waals surface area contributed by atoms with Crippen molar-refractivity contribution in [2.24, 2.45) is 0 Å². The maximum absolute atomic E-state index is 13.1. The molecule has 2 aliphatic rings. The molecule has 0 saturated carbocycles. The molecular formula is C21H30ClN5O3. The van der Waals surface area contributed by atoms with E-state index in [2.05, 4.69) is 15.5 Å². The molecule has 2 unspecified atom stereocenters. The van der Waals surface area contributed by atoms with Crippen LogP contribution < -0.4 is 10.1 Å². The van der Waals surface area contributed by atoms with Crippen LogP contribution in [-0.2, 0) is 4.74 Å². The number of ether oxygens (including phenoxy) is 2. The van der Waals surface area contributed by atoms with E-state index in [0.29, 0.717) is 36.7 Å². The van der Waals surface area contributed by atoms with Crippen LogP contribution in [0.25, 0.3) is 5.69 Å². The van der Waals surface area contributed by atoms with E-state index in [0.717, 1.165) is 24.3 Å². The number of nitrogens with one attached hydrogen (secondary N) is 1. The largest absolute Gasteiger partial charge is 0.491 e. The summed E-state index contributed by atoms with van der Waals surface area (Å²) in [4.78, 5) is 16.5. The maximum atomic E-state index is 13.1. The Morgan fingerprint density at radius 3 is 2.47 bits per heavy atom. The number of rotatable bonds is 7. The van der Waals surface area contributed by atoms with Gasteiger partial charge in [-0.2, -0.15) is 9.90 Å². The van der Waals surface area contributed by atoms with Crippen molar-refractivity contribution in [3.63, 3.8) is 0 Å². The van der Waals surface area contributed by atoms with Crippen LogP contribution in [0.1, 0.15) is 41.9 Å². The van der Waals surface area contributed by atoms with Crippen LogP contribution >= 0.6 is 12.4 Å². The monoisotopic (exact) mass is 435 g/mol. The van der Waals surface area contributed by atoms with E-state index in [-0.39, 0.29) is 24.4 Å². The number of fused-ring (bicyclic) bond motifs is 2. The molecule has 2 bridgehead atoms. The number of halogens is 1. The SMILES string of the molecule is COCCOc1ccc(-n2nc(C)c(C(=O)N(C)C3CC4CCC(C3)N4)n2)cc1.Cl. The molecule has 2 atom stereocenters. The van der Waals surface area contributed by atoms with E-state index in [9.17, 15) is 4.79 Å². The van der Waals surface area contributed by atoms with Crippen molar-refractivity contribution in [1.29, 1.82) is 0 Å². The number of aryl methyl sites for hydroxylation is 1. The Bertz CT molecular complexity index is 845. The number of carbonyl (C=O) groups excluding carboxylic acids is 1. The molecule has 8 nitrogen and oxygen atoms in total. The Balaban J connectivity index is 0.00000256. The Hall–Kier alpha value is -2.16. The second-order valence-electron chi connectivity index (χ2n) is 7.94. The van der Waals surface area contributed by atoms with E-state index in [1.54, 1.807) is 7.11 Å². The summed E-state index contributed by atoms with van der Waals surface area (Å²) in [5, 5.41) is 12.6. The standard InChI is InChI=1S/C21H29N5O3.ClH/c1-14-20(21(27)25(2)18-12-15-4-5-16(13-18)22-15)24-26(23-14)17-6-8-19(9-7-17)29-11-10-28-3;/h6-9,15-16,18,22H,4-5,10-13H2,1-3H3;1H. The Labute approximate surface area is 183 Å². The van der Waals surface area contributed by atoms with Gasteiger partial charge in [0.05, 0.1) is 18.0 Å². The first kappa shape index (κ1) is 22.5. The molecule has 0 radical (unpaired) electrons. The van der Waals surface area contributed by atoms with Crippen molar-refractivity contribution in [2.75, 3.05) is 27.4 Å². The number of hydrogen-bond acceptors (Lipinski definition) is 6. The van der Waals surface area contributed by atoms with Crippen molar-refractivity contribution in [3.05, 3.63) is 35.7 Å². The second kappa shape index (κ2) is 9.76. The number of piperidine rings is 1. The Morgan fingerprint density at radius 2 is 1.83 bits per heavy atom. The lowest BCUT2D eigenvalue weighted by atomic mass is 9.98. The molecule has 9 heteroatoms. The lowest BCUT2D eigenvalue weighted by Crippen LogP contribution is -2.48. The van der Waals surface area contributed by atoms with E-state index in [1.807, 2.05) is 43.1 Å². The Kier molecular flexibility index (Phi) is 7.33. The first-order valence-corrected chi connectivity index (χ1v) is 10.2. The summed E-state index contributed by atoms with van der Waals surface area (Å²) in [6.45, 7) is 2.87. The summed E-state index contributed by atoms with van der Waals surface area (Å²) < 4.78 is 10.6. The summed E-state index contributed by atoms with van der Waals surface area (Å²) in [7, 11) is 3.53. The van der Waals surface area contributed by atoms with Gasteiger partial charge < -0.3 is 19.7 Å². The molecule has 0 aliphatic carbocycles. The minimum absolute atomic E-state index is 0. The minimum Gasteiger partial charge on any atom is -0.491 e. The molecule has 2 aliphatic heterocycles. The Morgan fingerprint density at radius 1 is 1.17 bits per heavy atom. The van der Waals surface area contributed by atoms with Crippen molar-refractivity contribution in [3.8, 4) is 11.4 Å². The van der Waals surface area contributed by atoms with Crippen LogP contribution in [0.3, 0.4) is 0 Å². The van der Waals surface area contributed by atoms with Gasteiger partial charge in [-0.3, -0.25) is 4.79 Å². The average molecular weight is 436 g/mol. The maximum Gasteiger partial charge on any atom is 0.276 e. The molecule has 2 fully saturated rings. The molecule has 4 rings (SSSR count). The van der Waals surface area contributed by atoms with Crippen LogP contribution in [0.5, 0.6) is 5.75 Å². The molecule has 1 N–H and O–H groups in total. The van der Waals surface area contributed by atoms with E-state index >= 15 is 0 Å². The van der Waals surface area contributed by atoms with Crippen molar-refractivity contribution in [2.45, 2.75) is 50.7 Å². The van der Waals surface area contributed by atoms with E-state index in [4.69, 9.17) is 9.47 Å². The van der Waals surface area contributed by atoms with Gasteiger partial charge in [0.1, 0.15) is 12.4 Å². The van der Waals surface area contributed by atoms with Gasteiger partial charge in [0, 0.05) is 32.3 Å². The van der Waals surface area contributed by atoms with E-state index < -0.39 is 0 Å². The fourth-order valence-electron chi connectivity index (χ4n) is 4.29. The quantitative estimate of drug-likeness (QED) is 0.672. The minimum atomic E-state index is -0.0560. The molecule has 30 heavy (non-hydrogen) atoms. The van der Waals surface area contributed by atoms with Gasteiger partial charge in [0.2, 0.25) is 0 Å². The number of carbonyl (C=O) groups is 1. The van der Waals surface area contributed by atoms with Crippen molar-refractivity contribution >= 4 is 18.3 Å². The summed E-state index contributed by atoms with van der Waals surface area (Å²) in [5.74, 6) is 0.700. The summed E-state index contributed by atoms with van der Waals surface area (Å²) in [5.41, 5.74) is 1.84. The van der Waals surface area contributed by atoms with Crippen LogP contribution in [-0.4, -0.2) is 71.3 Å². The second-order valence-corrected chi connectivity index (χ2v) is 7.94. The molecule has 2 aromatic rings. The third kappa shape index (κ3) is 4.77. The van der Waals surface area contributed by atoms with E-state index in [1.165, 1.54) is 17.6 Å². The zero-order chi connectivity index (χ0) is 20.4. The predicted octanol–water partition coefficient (Wildman–Crippen LogP) is 2.38. The van der Waals surface area contributed by atoms with Crippen molar-refractivity contribution in [1.82, 2.24) is 25.2 Å². The summed E-state index contributed by atoms with van der Waals surface area (Å²) >= 11 is 0. The van der Waals surface area contributed by atoms with Crippen LogP contribution in [0.15, 0.2) is 24.3 Å². The third-order valence-electron chi connectivity index (χ3n) is 5.92. The van der Waals surface area contributed by atoms with Gasteiger partial charge in [-0.15, -0.1) is 17.5 Å². The number of nitrogens with zero attached hydrogens (tertiary/aromatic N) is 4. The van der Waals surface area contributed by atoms with Crippen LogP contribution in [0.2, 0.25) is 0 Å². The van der Waals surface area contributed by atoms with Gasteiger partial charge >= 0.3 is 0 Å². The topological polar surface area (TPSA) is 81.5 Å². The van der Waals surface area contributed by atoms with Crippen LogP contribution in [0.4, 0.5) is 0 Å². The molecule has 3 heterocycles. The number of methoxy groups -OCH3 is 1. The molecule has 2 saturated heterocycles. The smallest absolute Gasteiger partial charge is 0.276 e. The summed E-state index contributed by atoms with van der Waals surface area (Å²) in [6.07, 6.45) is 4.44. The molecule has 1 amide bonds. The molecule has 1 aromatic heterocycles. The normalized spacial score (nSPS) is 22.4. The highest BCUT2D eigenvalue weighted by Crippen LogP contribution is 2.30. The van der Waals surface area contributed by atoms with Gasteiger partial charge in [-0.25, -0.2) is 0 Å². The highest BCUT2D eigenvalue weighted by molar-refractivity contribution is 5.93.